The standard InChI is InChI=1S/C18H20N2O/c1-13(2)12-20(14(3)21)18(11-19)17-10-6-8-15-7-4-5-9-16(15)17/h4-10,13,18H,12H2,1-3H3. The summed E-state index contributed by atoms with van der Waals surface area (Å²) in [5.41, 5.74) is 0.895. The van der Waals surface area contributed by atoms with Gasteiger partial charge in [0.25, 0.3) is 0 Å². The molecule has 3 nitrogen and oxygen atoms in total. The van der Waals surface area contributed by atoms with Crippen LogP contribution in [0.25, 0.3) is 10.8 Å². The maximum absolute atomic E-state index is 12.0. The van der Waals surface area contributed by atoms with Gasteiger partial charge in [0.2, 0.25) is 5.91 Å². The van der Waals surface area contributed by atoms with Gasteiger partial charge >= 0.3 is 0 Å². The number of hydrogen-bond donors (Lipinski definition) is 0. The minimum absolute atomic E-state index is 0.0665. The molecule has 1 amide bonds. The normalized spacial score (nSPS) is 12.1. The zero-order valence-corrected chi connectivity index (χ0v) is 12.7. The van der Waals surface area contributed by atoms with Crippen molar-refractivity contribution in [3.8, 4) is 6.07 Å². The van der Waals surface area contributed by atoms with Crippen LogP contribution in [0.4, 0.5) is 0 Å². The molecule has 0 aliphatic rings. The second kappa shape index (κ2) is 6.41. The van der Waals surface area contributed by atoms with E-state index in [-0.39, 0.29) is 5.91 Å². The molecule has 0 aliphatic carbocycles. The Morgan fingerprint density at radius 1 is 1.19 bits per heavy atom. The van der Waals surface area contributed by atoms with E-state index in [0.717, 1.165) is 16.3 Å². The van der Waals surface area contributed by atoms with Crippen molar-refractivity contribution in [3.05, 3.63) is 48.0 Å². The molecule has 1 atom stereocenters. The average Bonchev–Trinajstić information content (AvgIpc) is 2.46. The Kier molecular flexibility index (Phi) is 4.59. The summed E-state index contributed by atoms with van der Waals surface area (Å²) in [6.45, 7) is 6.20. The highest BCUT2D eigenvalue weighted by molar-refractivity contribution is 5.87. The summed E-state index contributed by atoms with van der Waals surface area (Å²) in [5, 5.41) is 11.7. The predicted octanol–water partition coefficient (Wildman–Crippen LogP) is 3.91. The first-order chi connectivity index (χ1) is 10.0. The van der Waals surface area contributed by atoms with Crippen LogP contribution in [-0.2, 0) is 4.79 Å². The Morgan fingerprint density at radius 2 is 1.86 bits per heavy atom. The number of rotatable bonds is 4. The van der Waals surface area contributed by atoms with Gasteiger partial charge in [-0.15, -0.1) is 0 Å². The van der Waals surface area contributed by atoms with Crippen molar-refractivity contribution in [3.63, 3.8) is 0 Å². The zero-order chi connectivity index (χ0) is 15.4. The van der Waals surface area contributed by atoms with Crippen LogP contribution in [0.3, 0.4) is 0 Å². The van der Waals surface area contributed by atoms with E-state index in [1.807, 2.05) is 56.3 Å². The number of nitriles is 1. The molecule has 0 radical (unpaired) electrons. The van der Waals surface area contributed by atoms with Crippen molar-refractivity contribution in [2.75, 3.05) is 6.54 Å². The molecule has 108 valence electrons. The number of carbonyl (C=O) groups excluding carboxylic acids is 1. The third kappa shape index (κ3) is 3.22. The molecule has 2 rings (SSSR count). The van der Waals surface area contributed by atoms with Crippen LogP contribution in [0.2, 0.25) is 0 Å². The second-order valence-corrected chi connectivity index (χ2v) is 5.67. The summed E-state index contributed by atoms with van der Waals surface area (Å²) in [7, 11) is 0. The van der Waals surface area contributed by atoms with Gasteiger partial charge in [0.15, 0.2) is 0 Å². The molecule has 21 heavy (non-hydrogen) atoms. The van der Waals surface area contributed by atoms with E-state index in [0.29, 0.717) is 12.5 Å². The van der Waals surface area contributed by atoms with Crippen molar-refractivity contribution in [2.45, 2.75) is 26.8 Å². The largest absolute Gasteiger partial charge is 0.323 e. The molecule has 2 aromatic carbocycles. The zero-order valence-electron chi connectivity index (χ0n) is 12.7. The van der Waals surface area contributed by atoms with E-state index in [9.17, 15) is 10.1 Å². The Labute approximate surface area is 125 Å². The molecule has 0 aliphatic heterocycles. The van der Waals surface area contributed by atoms with Crippen LogP contribution in [-0.4, -0.2) is 17.4 Å². The van der Waals surface area contributed by atoms with Gasteiger partial charge < -0.3 is 4.90 Å². The maximum Gasteiger partial charge on any atom is 0.220 e. The van der Waals surface area contributed by atoms with E-state index in [2.05, 4.69) is 6.07 Å². The third-order valence-corrected chi connectivity index (χ3v) is 3.52. The molecular formula is C18H20N2O. The van der Waals surface area contributed by atoms with Crippen molar-refractivity contribution in [1.82, 2.24) is 4.90 Å². The molecule has 0 N–H and O–H groups in total. The molecule has 0 fully saturated rings. The topological polar surface area (TPSA) is 44.1 Å². The smallest absolute Gasteiger partial charge is 0.220 e. The fourth-order valence-corrected chi connectivity index (χ4v) is 2.61. The first-order valence-electron chi connectivity index (χ1n) is 7.19. The number of fused-ring (bicyclic) bond motifs is 1. The van der Waals surface area contributed by atoms with Crippen LogP contribution in [0.15, 0.2) is 42.5 Å². The summed E-state index contributed by atoms with van der Waals surface area (Å²) in [4.78, 5) is 13.6. The van der Waals surface area contributed by atoms with Gasteiger partial charge in [0.1, 0.15) is 6.04 Å². The fraction of sp³-hybridized carbons (Fsp3) is 0.333. The molecule has 3 heteroatoms. The lowest BCUT2D eigenvalue weighted by Crippen LogP contribution is -2.35. The summed E-state index contributed by atoms with van der Waals surface area (Å²) < 4.78 is 0. The van der Waals surface area contributed by atoms with Gasteiger partial charge in [0.05, 0.1) is 6.07 Å². The SMILES string of the molecule is CC(=O)N(CC(C)C)C(C#N)c1cccc2ccccc12. The van der Waals surface area contributed by atoms with Gasteiger partial charge in [-0.05, 0) is 22.3 Å². The molecular weight excluding hydrogens is 260 g/mol. The lowest BCUT2D eigenvalue weighted by atomic mass is 9.97. The molecule has 0 heterocycles. The van der Waals surface area contributed by atoms with Gasteiger partial charge in [-0.3, -0.25) is 4.79 Å². The van der Waals surface area contributed by atoms with Gasteiger partial charge in [-0.2, -0.15) is 5.26 Å². The quantitative estimate of drug-likeness (QED) is 0.852. The van der Waals surface area contributed by atoms with Crippen LogP contribution >= 0.6 is 0 Å². The molecule has 0 saturated carbocycles. The number of amides is 1. The van der Waals surface area contributed by atoms with E-state index < -0.39 is 6.04 Å². The second-order valence-electron chi connectivity index (χ2n) is 5.67. The first-order valence-corrected chi connectivity index (χ1v) is 7.19. The highest BCUT2D eigenvalue weighted by atomic mass is 16.2. The summed E-state index contributed by atoms with van der Waals surface area (Å²) >= 11 is 0. The molecule has 2 aromatic rings. The van der Waals surface area contributed by atoms with Crippen LogP contribution in [0.1, 0.15) is 32.4 Å². The maximum atomic E-state index is 12.0. The van der Waals surface area contributed by atoms with Crippen molar-refractivity contribution in [2.24, 2.45) is 5.92 Å². The number of carbonyl (C=O) groups is 1. The van der Waals surface area contributed by atoms with E-state index in [1.54, 1.807) is 4.90 Å². The van der Waals surface area contributed by atoms with E-state index >= 15 is 0 Å². The van der Waals surface area contributed by atoms with Crippen molar-refractivity contribution >= 4 is 16.7 Å². The molecule has 0 bridgehead atoms. The predicted molar refractivity (Wildman–Crippen MR) is 84.5 cm³/mol. The molecule has 0 saturated heterocycles. The fourth-order valence-electron chi connectivity index (χ4n) is 2.61. The minimum Gasteiger partial charge on any atom is -0.323 e. The molecule has 0 spiro atoms. The van der Waals surface area contributed by atoms with Crippen LogP contribution in [0.5, 0.6) is 0 Å². The van der Waals surface area contributed by atoms with E-state index in [1.165, 1.54) is 6.92 Å². The lowest BCUT2D eigenvalue weighted by Gasteiger charge is -2.28. The summed E-state index contributed by atoms with van der Waals surface area (Å²) in [6, 6.07) is 15.6. The Hall–Kier alpha value is -2.34. The monoisotopic (exact) mass is 280 g/mol. The van der Waals surface area contributed by atoms with Crippen LogP contribution < -0.4 is 0 Å². The lowest BCUT2D eigenvalue weighted by molar-refractivity contribution is -0.130. The summed E-state index contributed by atoms with van der Waals surface area (Å²) in [6.07, 6.45) is 0. The highest BCUT2D eigenvalue weighted by Gasteiger charge is 2.24. The summed E-state index contributed by atoms with van der Waals surface area (Å²) in [5.74, 6) is 0.253. The van der Waals surface area contributed by atoms with Crippen LogP contribution in [0, 0.1) is 17.2 Å². The minimum atomic E-state index is -0.545. The third-order valence-electron chi connectivity index (χ3n) is 3.52. The van der Waals surface area contributed by atoms with Crippen molar-refractivity contribution in [1.29, 1.82) is 5.26 Å². The number of hydrogen-bond acceptors (Lipinski definition) is 2. The van der Waals surface area contributed by atoms with Crippen molar-refractivity contribution < 1.29 is 4.79 Å². The van der Waals surface area contributed by atoms with Gasteiger partial charge in [0, 0.05) is 13.5 Å². The van der Waals surface area contributed by atoms with Gasteiger partial charge in [-0.1, -0.05) is 56.3 Å². The average molecular weight is 280 g/mol. The Balaban J connectivity index is 2.53. The molecule has 1 unspecified atom stereocenters. The Bertz CT molecular complexity index is 680. The highest BCUT2D eigenvalue weighted by Crippen LogP contribution is 2.28. The van der Waals surface area contributed by atoms with Gasteiger partial charge in [-0.25, -0.2) is 0 Å². The number of nitrogens with zero attached hydrogens (tertiary/aromatic N) is 2. The Morgan fingerprint density at radius 3 is 2.48 bits per heavy atom. The van der Waals surface area contributed by atoms with E-state index in [4.69, 9.17) is 0 Å². The first kappa shape index (κ1) is 15.1. The number of benzene rings is 2. The molecule has 0 aromatic heterocycles.